The van der Waals surface area contributed by atoms with E-state index in [9.17, 15) is 14.4 Å². The Hall–Kier alpha value is -1.65. The maximum absolute atomic E-state index is 11.5. The monoisotopic (exact) mass is 210 g/mol. The number of ketones is 1. The molecule has 2 bridgehead atoms. The van der Waals surface area contributed by atoms with Crippen molar-refractivity contribution in [2.24, 2.45) is 11.3 Å². The number of carbonyl (C=O) groups excluding carboxylic acids is 2. The molecule has 2 aliphatic heterocycles. The van der Waals surface area contributed by atoms with E-state index in [1.807, 2.05) is 0 Å². The summed E-state index contributed by atoms with van der Waals surface area (Å²) >= 11 is 0. The molecule has 0 spiro atoms. The number of rotatable bonds is 2. The molecule has 0 saturated carbocycles. The molecule has 3 aliphatic rings. The SMILES string of the molecule is CC(=O)[C@H]1C[C@H]2C=C[C@]1(C(=O)O)C(=O)O2. The molecule has 1 saturated heterocycles. The van der Waals surface area contributed by atoms with Crippen molar-refractivity contribution in [2.75, 3.05) is 0 Å². The molecule has 1 N–H and O–H groups in total. The fourth-order valence-electron chi connectivity index (χ4n) is 2.20. The highest BCUT2D eigenvalue weighted by atomic mass is 16.6. The topological polar surface area (TPSA) is 80.7 Å². The molecule has 0 aromatic carbocycles. The van der Waals surface area contributed by atoms with Gasteiger partial charge in [-0.15, -0.1) is 0 Å². The molecule has 5 nitrogen and oxygen atoms in total. The normalized spacial score (nSPS) is 37.5. The molecule has 2 heterocycles. The van der Waals surface area contributed by atoms with Gasteiger partial charge in [0.25, 0.3) is 0 Å². The maximum atomic E-state index is 11.5. The summed E-state index contributed by atoms with van der Waals surface area (Å²) in [5.41, 5.74) is -1.79. The first-order valence-corrected chi connectivity index (χ1v) is 4.62. The van der Waals surface area contributed by atoms with E-state index in [4.69, 9.17) is 9.84 Å². The van der Waals surface area contributed by atoms with Crippen LogP contribution in [0.3, 0.4) is 0 Å². The molecule has 5 heteroatoms. The van der Waals surface area contributed by atoms with Gasteiger partial charge in [-0.2, -0.15) is 0 Å². The van der Waals surface area contributed by atoms with Crippen molar-refractivity contribution in [1.29, 1.82) is 0 Å². The Balaban J connectivity index is 2.54. The van der Waals surface area contributed by atoms with Crippen molar-refractivity contribution in [1.82, 2.24) is 0 Å². The summed E-state index contributed by atoms with van der Waals surface area (Å²) in [5, 5.41) is 9.10. The number of carbonyl (C=O) groups is 3. The lowest BCUT2D eigenvalue weighted by atomic mass is 9.66. The Bertz CT molecular complexity index is 383. The van der Waals surface area contributed by atoms with Crippen LogP contribution in [0.2, 0.25) is 0 Å². The molecule has 0 unspecified atom stereocenters. The highest BCUT2D eigenvalue weighted by Gasteiger charge is 2.60. The minimum absolute atomic E-state index is 0.268. The van der Waals surface area contributed by atoms with Gasteiger partial charge in [0.1, 0.15) is 11.9 Å². The molecular formula is C10H10O5. The second kappa shape index (κ2) is 2.92. The number of hydrogen-bond donors (Lipinski definition) is 1. The lowest BCUT2D eigenvalue weighted by Gasteiger charge is -2.41. The average Bonchev–Trinajstić information content (AvgIpc) is 2.17. The molecule has 0 aromatic rings. The van der Waals surface area contributed by atoms with Crippen LogP contribution in [0.4, 0.5) is 0 Å². The van der Waals surface area contributed by atoms with Gasteiger partial charge in [0.15, 0.2) is 5.41 Å². The molecule has 1 aliphatic carbocycles. The van der Waals surface area contributed by atoms with Crippen LogP contribution in [0.15, 0.2) is 12.2 Å². The number of Topliss-reactive ketones (excluding diaryl/α,β-unsaturated/α-hetero) is 1. The van der Waals surface area contributed by atoms with Gasteiger partial charge in [0.05, 0.1) is 5.92 Å². The van der Waals surface area contributed by atoms with Crippen molar-refractivity contribution in [3.05, 3.63) is 12.2 Å². The number of aliphatic carboxylic acids is 1. The molecule has 3 atom stereocenters. The third-order valence-corrected chi connectivity index (χ3v) is 3.03. The molecule has 1 fully saturated rings. The molecule has 0 amide bonds. The largest absolute Gasteiger partial charge is 0.480 e. The van der Waals surface area contributed by atoms with E-state index < -0.39 is 29.4 Å². The molecule has 0 aromatic heterocycles. The molecule has 15 heavy (non-hydrogen) atoms. The Labute approximate surface area is 85.7 Å². The average molecular weight is 210 g/mol. The van der Waals surface area contributed by atoms with Crippen LogP contribution >= 0.6 is 0 Å². The zero-order chi connectivity index (χ0) is 11.2. The Kier molecular flexibility index (Phi) is 1.92. The van der Waals surface area contributed by atoms with Crippen LogP contribution in [-0.2, 0) is 19.1 Å². The molecule has 0 radical (unpaired) electrons. The van der Waals surface area contributed by atoms with Gasteiger partial charge < -0.3 is 9.84 Å². The minimum Gasteiger partial charge on any atom is -0.480 e. The highest BCUT2D eigenvalue weighted by molar-refractivity contribution is 6.07. The summed E-state index contributed by atoms with van der Waals surface area (Å²) in [7, 11) is 0. The van der Waals surface area contributed by atoms with Crippen molar-refractivity contribution in [2.45, 2.75) is 19.4 Å². The Morgan fingerprint density at radius 1 is 1.60 bits per heavy atom. The number of carboxylic acid groups (broad SMARTS) is 1. The van der Waals surface area contributed by atoms with E-state index in [1.165, 1.54) is 19.1 Å². The fraction of sp³-hybridized carbons (Fsp3) is 0.500. The summed E-state index contributed by atoms with van der Waals surface area (Å²) in [6, 6.07) is 0. The minimum atomic E-state index is -1.79. The van der Waals surface area contributed by atoms with E-state index in [0.717, 1.165) is 0 Å². The predicted octanol–water partition coefficient (Wildman–Crippen LogP) is 0.148. The van der Waals surface area contributed by atoms with Crippen LogP contribution in [0.25, 0.3) is 0 Å². The van der Waals surface area contributed by atoms with Crippen molar-refractivity contribution < 1.29 is 24.2 Å². The van der Waals surface area contributed by atoms with E-state index in [1.54, 1.807) is 0 Å². The van der Waals surface area contributed by atoms with Gasteiger partial charge in [-0.25, -0.2) is 0 Å². The van der Waals surface area contributed by atoms with Crippen molar-refractivity contribution in [3.63, 3.8) is 0 Å². The Morgan fingerprint density at radius 3 is 2.67 bits per heavy atom. The van der Waals surface area contributed by atoms with Crippen LogP contribution < -0.4 is 0 Å². The summed E-state index contributed by atoms with van der Waals surface area (Å²) in [4.78, 5) is 34.0. The van der Waals surface area contributed by atoms with Crippen LogP contribution in [0.1, 0.15) is 13.3 Å². The van der Waals surface area contributed by atoms with E-state index in [0.29, 0.717) is 0 Å². The molecular weight excluding hydrogens is 200 g/mol. The van der Waals surface area contributed by atoms with Gasteiger partial charge in [0.2, 0.25) is 0 Å². The standard InChI is InChI=1S/C10H10O5/c1-5(11)7-4-6-2-3-10(7,8(12)13)9(14)15-6/h2-3,6-7H,4H2,1H3,(H,12,13)/t6-,7-,10+/m1/s1. The highest BCUT2D eigenvalue weighted by Crippen LogP contribution is 2.44. The maximum Gasteiger partial charge on any atom is 0.328 e. The van der Waals surface area contributed by atoms with Crippen LogP contribution in [0.5, 0.6) is 0 Å². The van der Waals surface area contributed by atoms with Gasteiger partial charge in [-0.1, -0.05) is 6.08 Å². The predicted molar refractivity (Wildman–Crippen MR) is 47.9 cm³/mol. The van der Waals surface area contributed by atoms with E-state index in [-0.39, 0.29) is 12.2 Å². The van der Waals surface area contributed by atoms with Gasteiger partial charge in [0, 0.05) is 0 Å². The third kappa shape index (κ3) is 1.12. The van der Waals surface area contributed by atoms with Crippen LogP contribution in [0, 0.1) is 11.3 Å². The summed E-state index contributed by atoms with van der Waals surface area (Å²) in [5.74, 6) is -3.23. The number of carboxylic acids is 1. The molecule has 3 rings (SSSR count). The smallest absolute Gasteiger partial charge is 0.328 e. The van der Waals surface area contributed by atoms with Crippen molar-refractivity contribution in [3.8, 4) is 0 Å². The van der Waals surface area contributed by atoms with Crippen molar-refractivity contribution >= 4 is 17.7 Å². The van der Waals surface area contributed by atoms with Crippen LogP contribution in [-0.4, -0.2) is 28.9 Å². The number of esters is 1. The first kappa shape index (κ1) is 9.89. The summed E-state index contributed by atoms with van der Waals surface area (Å²) in [6.45, 7) is 1.30. The van der Waals surface area contributed by atoms with Gasteiger partial charge >= 0.3 is 11.9 Å². The summed E-state index contributed by atoms with van der Waals surface area (Å²) < 4.78 is 4.87. The lowest BCUT2D eigenvalue weighted by molar-refractivity contribution is -0.184. The second-order valence-corrected chi connectivity index (χ2v) is 3.88. The van der Waals surface area contributed by atoms with Gasteiger partial charge in [-0.05, 0) is 19.4 Å². The third-order valence-electron chi connectivity index (χ3n) is 3.03. The molecule has 80 valence electrons. The lowest BCUT2D eigenvalue weighted by Crippen LogP contribution is -2.56. The first-order valence-electron chi connectivity index (χ1n) is 4.62. The number of hydrogen-bond acceptors (Lipinski definition) is 4. The quantitative estimate of drug-likeness (QED) is 0.398. The zero-order valence-corrected chi connectivity index (χ0v) is 8.10. The number of ether oxygens (including phenoxy) is 1. The zero-order valence-electron chi connectivity index (χ0n) is 8.10. The van der Waals surface area contributed by atoms with Gasteiger partial charge in [-0.3, -0.25) is 14.4 Å². The Morgan fingerprint density at radius 2 is 2.27 bits per heavy atom. The first-order chi connectivity index (χ1) is 6.98. The number of fused-ring (bicyclic) bond motifs is 2. The second-order valence-electron chi connectivity index (χ2n) is 3.88. The van der Waals surface area contributed by atoms with E-state index in [2.05, 4.69) is 0 Å². The van der Waals surface area contributed by atoms with E-state index >= 15 is 0 Å². The fourth-order valence-corrected chi connectivity index (χ4v) is 2.20. The summed E-state index contributed by atoms with van der Waals surface area (Å²) in [6.07, 6.45) is 2.65.